The molecule has 0 radical (unpaired) electrons. The molecule has 0 heterocycles. The van der Waals surface area contributed by atoms with Crippen molar-refractivity contribution in [3.8, 4) is 0 Å². The van der Waals surface area contributed by atoms with E-state index >= 15 is 0 Å². The van der Waals surface area contributed by atoms with Crippen molar-refractivity contribution in [2.24, 2.45) is 5.92 Å². The molecule has 230 valence electrons. The zero-order valence-corrected chi connectivity index (χ0v) is 24.8. The summed E-state index contributed by atoms with van der Waals surface area (Å²) >= 11 is 0. The number of esters is 3. The summed E-state index contributed by atoms with van der Waals surface area (Å²) in [5.41, 5.74) is 3.07. The van der Waals surface area contributed by atoms with Gasteiger partial charge in [-0.2, -0.15) is 8.42 Å². The normalized spacial score (nSPS) is 12.6. The van der Waals surface area contributed by atoms with Gasteiger partial charge < -0.3 is 14.2 Å². The molecule has 0 bridgehead atoms. The van der Waals surface area contributed by atoms with Gasteiger partial charge >= 0.3 is 17.9 Å². The maximum Gasteiger partial charge on any atom is 0.327 e. The Balaban J connectivity index is 1.62. The first-order valence-electron chi connectivity index (χ1n) is 14.3. The third-order valence-corrected chi connectivity index (χ3v) is 7.88. The number of hydrogen-bond acceptors (Lipinski definition) is 8. The first-order chi connectivity index (χ1) is 20.7. The summed E-state index contributed by atoms with van der Waals surface area (Å²) in [6.45, 7) is -0.212. The zero-order chi connectivity index (χ0) is 30.9. The molecule has 0 saturated heterocycles. The van der Waals surface area contributed by atoms with Gasteiger partial charge in [-0.1, -0.05) is 91.0 Å². The molecule has 9 nitrogen and oxygen atoms in total. The minimum absolute atomic E-state index is 0.0209. The van der Waals surface area contributed by atoms with Crippen LogP contribution in [0, 0.1) is 5.92 Å². The molecule has 3 rings (SSSR count). The molecule has 0 aliphatic heterocycles. The van der Waals surface area contributed by atoms with Gasteiger partial charge in [0.2, 0.25) is 0 Å². The highest BCUT2D eigenvalue weighted by Gasteiger charge is 2.46. The van der Waals surface area contributed by atoms with Crippen LogP contribution in [0.25, 0.3) is 0 Å². The summed E-state index contributed by atoms with van der Waals surface area (Å²) in [6, 6.07) is 28.4. The Hall–Kier alpha value is -4.02. The van der Waals surface area contributed by atoms with Gasteiger partial charge in [0.15, 0.2) is 5.25 Å². The van der Waals surface area contributed by atoms with Gasteiger partial charge in [0, 0.05) is 0 Å². The van der Waals surface area contributed by atoms with Crippen LogP contribution < -0.4 is 0 Å². The van der Waals surface area contributed by atoms with E-state index in [1.807, 2.05) is 91.0 Å². The van der Waals surface area contributed by atoms with E-state index in [4.69, 9.17) is 14.2 Å². The van der Waals surface area contributed by atoms with Gasteiger partial charge in [0.25, 0.3) is 10.1 Å². The quantitative estimate of drug-likeness (QED) is 0.0935. The molecular formula is C33H38O9S. The second-order valence-corrected chi connectivity index (χ2v) is 11.6. The first kappa shape index (κ1) is 33.5. The molecule has 0 amide bonds. The van der Waals surface area contributed by atoms with Crippen molar-refractivity contribution in [2.45, 2.75) is 50.2 Å². The summed E-state index contributed by atoms with van der Waals surface area (Å²) in [6.07, 6.45) is 2.31. The molecule has 1 N–H and O–H groups in total. The van der Waals surface area contributed by atoms with Gasteiger partial charge in [-0.15, -0.1) is 0 Å². The van der Waals surface area contributed by atoms with Gasteiger partial charge in [0.05, 0.1) is 32.2 Å². The number of carbonyl (C=O) groups excluding carboxylic acids is 3. The van der Waals surface area contributed by atoms with Crippen LogP contribution in [0.4, 0.5) is 0 Å². The Morgan fingerprint density at radius 2 is 0.953 bits per heavy atom. The minimum Gasteiger partial charge on any atom is -0.466 e. The molecule has 3 aromatic rings. The van der Waals surface area contributed by atoms with Crippen LogP contribution in [0.15, 0.2) is 91.0 Å². The molecule has 2 atom stereocenters. The summed E-state index contributed by atoms with van der Waals surface area (Å²) in [5.74, 6) is -5.20. The average Bonchev–Trinajstić information content (AvgIpc) is 3.00. The van der Waals surface area contributed by atoms with E-state index in [-0.39, 0.29) is 19.8 Å². The van der Waals surface area contributed by atoms with Crippen LogP contribution in [0.5, 0.6) is 0 Å². The Kier molecular flexibility index (Phi) is 13.9. The van der Waals surface area contributed by atoms with E-state index in [1.165, 1.54) is 0 Å². The lowest BCUT2D eigenvalue weighted by atomic mass is 10.0. The number of carbonyl (C=O) groups is 3. The van der Waals surface area contributed by atoms with Gasteiger partial charge in [-0.05, 0) is 55.2 Å². The van der Waals surface area contributed by atoms with Crippen LogP contribution in [0.3, 0.4) is 0 Å². The van der Waals surface area contributed by atoms with Crippen molar-refractivity contribution in [3.63, 3.8) is 0 Å². The van der Waals surface area contributed by atoms with Gasteiger partial charge in [-0.25, -0.2) is 0 Å². The standard InChI is InChI=1S/C33H38O9S/c34-30(40-22-10-19-26-13-4-1-5-14-26)25-29(32(35)41-23-11-20-27-15-6-2-7-16-27)31(43(37,38)39)33(36)42-24-12-21-28-17-8-3-9-18-28/h1-9,13-18,29,31H,10-12,19-25H2,(H,37,38,39). The van der Waals surface area contributed by atoms with Crippen LogP contribution in [0.1, 0.15) is 42.4 Å². The largest absolute Gasteiger partial charge is 0.466 e. The van der Waals surface area contributed by atoms with E-state index in [9.17, 15) is 27.4 Å². The minimum atomic E-state index is -5.16. The second-order valence-electron chi connectivity index (χ2n) is 10.1. The fourth-order valence-electron chi connectivity index (χ4n) is 4.53. The molecule has 0 aromatic heterocycles. The number of ether oxygens (including phenoxy) is 3. The fraction of sp³-hybridized carbons (Fsp3) is 0.364. The Morgan fingerprint density at radius 1 is 0.581 bits per heavy atom. The lowest BCUT2D eigenvalue weighted by Gasteiger charge is -2.22. The maximum absolute atomic E-state index is 13.1. The molecule has 0 fully saturated rings. The maximum atomic E-state index is 13.1. The monoisotopic (exact) mass is 610 g/mol. The summed E-state index contributed by atoms with van der Waals surface area (Å²) in [7, 11) is -5.16. The highest BCUT2D eigenvalue weighted by atomic mass is 32.2. The highest BCUT2D eigenvalue weighted by molar-refractivity contribution is 7.87. The summed E-state index contributed by atoms with van der Waals surface area (Å²) in [4.78, 5) is 38.7. The third kappa shape index (κ3) is 12.4. The zero-order valence-electron chi connectivity index (χ0n) is 24.0. The molecular weight excluding hydrogens is 572 g/mol. The molecule has 43 heavy (non-hydrogen) atoms. The number of rotatable bonds is 18. The molecule has 10 heteroatoms. The number of aryl methyl sites for hydroxylation is 3. The lowest BCUT2D eigenvalue weighted by molar-refractivity contribution is -0.159. The molecule has 0 aliphatic rings. The highest BCUT2D eigenvalue weighted by Crippen LogP contribution is 2.22. The van der Waals surface area contributed by atoms with Crippen molar-refractivity contribution in [1.82, 2.24) is 0 Å². The Bertz CT molecular complexity index is 1380. The molecule has 2 unspecified atom stereocenters. The number of benzene rings is 3. The topological polar surface area (TPSA) is 133 Å². The predicted molar refractivity (Wildman–Crippen MR) is 161 cm³/mol. The second kappa shape index (κ2) is 17.8. The lowest BCUT2D eigenvalue weighted by Crippen LogP contribution is -2.44. The van der Waals surface area contributed by atoms with Crippen LogP contribution in [0.2, 0.25) is 0 Å². The first-order valence-corrected chi connectivity index (χ1v) is 15.8. The molecule has 0 saturated carbocycles. The van der Waals surface area contributed by atoms with Crippen molar-refractivity contribution in [3.05, 3.63) is 108 Å². The van der Waals surface area contributed by atoms with Crippen molar-refractivity contribution >= 4 is 28.0 Å². The van der Waals surface area contributed by atoms with Gasteiger partial charge in [-0.3, -0.25) is 18.9 Å². The van der Waals surface area contributed by atoms with Crippen molar-refractivity contribution in [2.75, 3.05) is 19.8 Å². The van der Waals surface area contributed by atoms with Crippen LogP contribution in [-0.4, -0.2) is 55.9 Å². The Morgan fingerprint density at radius 3 is 1.35 bits per heavy atom. The summed E-state index contributed by atoms with van der Waals surface area (Å²) < 4.78 is 50.4. The van der Waals surface area contributed by atoms with E-state index in [0.717, 1.165) is 16.7 Å². The molecule has 0 aliphatic carbocycles. The van der Waals surface area contributed by atoms with E-state index < -0.39 is 45.6 Å². The van der Waals surface area contributed by atoms with E-state index in [0.29, 0.717) is 38.5 Å². The van der Waals surface area contributed by atoms with E-state index in [1.54, 1.807) is 0 Å². The number of hydrogen-bond donors (Lipinski definition) is 1. The predicted octanol–water partition coefficient (Wildman–Crippen LogP) is 4.78. The average molecular weight is 611 g/mol. The smallest absolute Gasteiger partial charge is 0.327 e. The van der Waals surface area contributed by atoms with Crippen molar-refractivity contribution in [1.29, 1.82) is 0 Å². The fourth-order valence-corrected chi connectivity index (χ4v) is 5.46. The Labute approximate surface area is 252 Å². The van der Waals surface area contributed by atoms with Crippen molar-refractivity contribution < 1.29 is 41.6 Å². The molecule has 3 aromatic carbocycles. The third-order valence-electron chi connectivity index (χ3n) is 6.72. The van der Waals surface area contributed by atoms with Crippen LogP contribution >= 0.6 is 0 Å². The molecule has 0 spiro atoms. The van der Waals surface area contributed by atoms with Crippen LogP contribution in [-0.2, 0) is 58.0 Å². The van der Waals surface area contributed by atoms with E-state index in [2.05, 4.69) is 0 Å². The summed E-state index contributed by atoms with van der Waals surface area (Å²) in [5, 5.41) is -2.34. The SMILES string of the molecule is O=C(CC(C(=O)OCCCc1ccccc1)C(C(=O)OCCCc1ccccc1)S(=O)(=O)O)OCCCc1ccccc1. The van der Waals surface area contributed by atoms with Gasteiger partial charge in [0.1, 0.15) is 0 Å².